The molecule has 0 saturated carbocycles. The van der Waals surface area contributed by atoms with E-state index >= 15 is 0 Å². The first-order valence-corrected chi connectivity index (χ1v) is 5.90. The van der Waals surface area contributed by atoms with Crippen LogP contribution < -0.4 is 33.9 Å². The van der Waals surface area contributed by atoms with Gasteiger partial charge in [0.05, 0.1) is 12.1 Å². The van der Waals surface area contributed by atoms with Crippen molar-refractivity contribution in [3.05, 3.63) is 40.4 Å². The van der Waals surface area contributed by atoms with Crippen LogP contribution in [0, 0.1) is 6.92 Å². The number of rotatable bonds is 2. The standard InChI is InChI=1S/C11H11ClN2S.HI/c1-8-7-15-11(14(8)2)13-10-6-4-3-5-9(10)12;/h3-7H,1-2H3;1H. The van der Waals surface area contributed by atoms with Gasteiger partial charge in [0.1, 0.15) is 11.4 Å². The predicted molar refractivity (Wildman–Crippen MR) is 65.0 cm³/mol. The zero-order valence-corrected chi connectivity index (χ0v) is 12.7. The van der Waals surface area contributed by atoms with Gasteiger partial charge in [0, 0.05) is 5.38 Å². The summed E-state index contributed by atoms with van der Waals surface area (Å²) in [7, 11) is 2.03. The van der Waals surface area contributed by atoms with Crippen molar-refractivity contribution in [2.75, 3.05) is 5.32 Å². The van der Waals surface area contributed by atoms with Crippen LogP contribution in [0.5, 0.6) is 0 Å². The summed E-state index contributed by atoms with van der Waals surface area (Å²) in [6, 6.07) is 7.74. The number of halogens is 2. The zero-order valence-electron chi connectivity index (χ0n) is 9.00. The molecule has 2 aromatic rings. The molecule has 0 unspecified atom stereocenters. The van der Waals surface area contributed by atoms with Gasteiger partial charge in [0.25, 0.3) is 0 Å². The molecule has 86 valence electrons. The molecule has 5 heteroatoms. The van der Waals surface area contributed by atoms with Crippen molar-refractivity contribution >= 4 is 33.8 Å². The lowest BCUT2D eigenvalue weighted by atomic mass is 10.3. The van der Waals surface area contributed by atoms with Gasteiger partial charge in [-0.2, -0.15) is 0 Å². The average Bonchev–Trinajstić information content (AvgIpc) is 2.53. The molecule has 1 aromatic carbocycles. The highest BCUT2D eigenvalue weighted by Crippen LogP contribution is 2.25. The average molecular weight is 367 g/mol. The van der Waals surface area contributed by atoms with Crippen LogP contribution in [0.1, 0.15) is 5.69 Å². The molecule has 0 aliphatic heterocycles. The largest absolute Gasteiger partial charge is 1.00 e. The van der Waals surface area contributed by atoms with E-state index < -0.39 is 0 Å². The van der Waals surface area contributed by atoms with E-state index in [1.54, 1.807) is 11.3 Å². The minimum absolute atomic E-state index is 0. The maximum Gasteiger partial charge on any atom is 0.338 e. The Hall–Kier alpha value is -0.330. The summed E-state index contributed by atoms with van der Waals surface area (Å²) in [5, 5.41) is 7.24. The molecule has 0 radical (unpaired) electrons. The molecule has 1 heterocycles. The summed E-state index contributed by atoms with van der Waals surface area (Å²) in [6.45, 7) is 2.08. The van der Waals surface area contributed by atoms with E-state index in [1.807, 2.05) is 31.3 Å². The second-order valence-corrected chi connectivity index (χ2v) is 4.61. The van der Waals surface area contributed by atoms with E-state index in [9.17, 15) is 0 Å². The lowest BCUT2D eigenvalue weighted by molar-refractivity contribution is -0.658. The van der Waals surface area contributed by atoms with Crippen LogP contribution in [0.4, 0.5) is 10.8 Å². The summed E-state index contributed by atoms with van der Waals surface area (Å²) < 4.78 is 2.11. The summed E-state index contributed by atoms with van der Waals surface area (Å²) in [5.41, 5.74) is 2.17. The molecular formula is C11H12ClIN2S. The Morgan fingerprint density at radius 3 is 2.56 bits per heavy atom. The van der Waals surface area contributed by atoms with E-state index in [0.717, 1.165) is 15.8 Å². The van der Waals surface area contributed by atoms with Crippen LogP contribution in [0.3, 0.4) is 0 Å². The molecule has 0 fully saturated rings. The number of aromatic nitrogens is 1. The normalized spacial score (nSPS) is 9.69. The highest BCUT2D eigenvalue weighted by Gasteiger charge is 2.13. The third-order valence-electron chi connectivity index (χ3n) is 2.29. The Labute approximate surface area is 121 Å². The number of benzene rings is 1. The second kappa shape index (κ2) is 5.84. The number of para-hydroxylation sites is 1. The van der Waals surface area contributed by atoms with Crippen LogP contribution in [-0.2, 0) is 7.05 Å². The molecule has 2 rings (SSSR count). The first-order valence-electron chi connectivity index (χ1n) is 4.64. The molecular weight excluding hydrogens is 355 g/mol. The minimum atomic E-state index is 0. The highest BCUT2D eigenvalue weighted by atomic mass is 127. The van der Waals surface area contributed by atoms with Gasteiger partial charge in [-0.3, -0.25) is 0 Å². The van der Waals surface area contributed by atoms with E-state index in [-0.39, 0.29) is 24.0 Å². The first-order chi connectivity index (χ1) is 7.18. The molecule has 16 heavy (non-hydrogen) atoms. The minimum Gasteiger partial charge on any atom is -1.00 e. The Balaban J connectivity index is 0.00000128. The van der Waals surface area contributed by atoms with Crippen molar-refractivity contribution in [2.45, 2.75) is 6.92 Å². The zero-order chi connectivity index (χ0) is 10.8. The van der Waals surface area contributed by atoms with Gasteiger partial charge in [-0.15, -0.1) is 0 Å². The Bertz CT molecular complexity index is 485. The third kappa shape index (κ3) is 2.87. The van der Waals surface area contributed by atoms with Crippen molar-refractivity contribution < 1.29 is 28.5 Å². The topological polar surface area (TPSA) is 15.9 Å². The van der Waals surface area contributed by atoms with Gasteiger partial charge >= 0.3 is 5.13 Å². The Kier molecular flexibility index (Phi) is 5.01. The lowest BCUT2D eigenvalue weighted by Crippen LogP contribution is -3.00. The number of hydrogen-bond acceptors (Lipinski definition) is 2. The fourth-order valence-electron chi connectivity index (χ4n) is 1.25. The van der Waals surface area contributed by atoms with Gasteiger partial charge in [0.15, 0.2) is 0 Å². The number of thiazole rings is 1. The number of nitrogens with one attached hydrogen (secondary N) is 1. The quantitative estimate of drug-likeness (QED) is 0.596. The Morgan fingerprint density at radius 2 is 2.00 bits per heavy atom. The molecule has 0 atom stereocenters. The van der Waals surface area contributed by atoms with Gasteiger partial charge in [-0.1, -0.05) is 35.1 Å². The molecule has 2 nitrogen and oxygen atoms in total. The first kappa shape index (κ1) is 13.7. The summed E-state index contributed by atoms with van der Waals surface area (Å²) >= 11 is 7.74. The Morgan fingerprint density at radius 1 is 1.31 bits per heavy atom. The van der Waals surface area contributed by atoms with Gasteiger partial charge in [-0.25, -0.2) is 9.88 Å². The SMILES string of the molecule is Cc1csc(Nc2ccccc2Cl)[n+]1C.[I-]. The third-order valence-corrected chi connectivity index (χ3v) is 3.68. The van der Waals surface area contributed by atoms with Gasteiger partial charge in [0.2, 0.25) is 0 Å². The van der Waals surface area contributed by atoms with Crippen molar-refractivity contribution in [3.8, 4) is 0 Å². The van der Waals surface area contributed by atoms with Gasteiger partial charge in [-0.05, 0) is 19.1 Å². The van der Waals surface area contributed by atoms with Crippen molar-refractivity contribution in [3.63, 3.8) is 0 Å². The van der Waals surface area contributed by atoms with E-state index in [1.165, 1.54) is 5.69 Å². The maximum atomic E-state index is 6.07. The molecule has 0 aliphatic carbocycles. The molecule has 1 aromatic heterocycles. The molecule has 1 N–H and O–H groups in total. The van der Waals surface area contributed by atoms with Crippen LogP contribution in [0.2, 0.25) is 5.02 Å². The van der Waals surface area contributed by atoms with Crippen molar-refractivity contribution in [2.24, 2.45) is 7.05 Å². The number of aryl methyl sites for hydroxylation is 1. The monoisotopic (exact) mass is 366 g/mol. The molecule has 0 aliphatic rings. The van der Waals surface area contributed by atoms with Crippen molar-refractivity contribution in [1.29, 1.82) is 0 Å². The van der Waals surface area contributed by atoms with Crippen LogP contribution in [-0.4, -0.2) is 0 Å². The molecule has 0 amide bonds. The molecule has 0 bridgehead atoms. The highest BCUT2D eigenvalue weighted by molar-refractivity contribution is 7.13. The number of hydrogen-bond donors (Lipinski definition) is 1. The smallest absolute Gasteiger partial charge is 0.338 e. The number of nitrogens with zero attached hydrogens (tertiary/aromatic N) is 1. The predicted octanol–water partition coefficient (Wildman–Crippen LogP) is 0.282. The fraction of sp³-hybridized carbons (Fsp3) is 0.182. The fourth-order valence-corrected chi connectivity index (χ4v) is 2.34. The lowest BCUT2D eigenvalue weighted by Gasteiger charge is -2.00. The summed E-state index contributed by atoms with van der Waals surface area (Å²) in [6.07, 6.45) is 0. The second-order valence-electron chi connectivity index (χ2n) is 3.35. The maximum absolute atomic E-state index is 6.07. The summed E-state index contributed by atoms with van der Waals surface area (Å²) in [5.74, 6) is 0. The van der Waals surface area contributed by atoms with E-state index in [4.69, 9.17) is 11.6 Å². The van der Waals surface area contributed by atoms with E-state index in [2.05, 4.69) is 22.2 Å². The molecule has 0 spiro atoms. The van der Waals surface area contributed by atoms with Crippen LogP contribution in [0.15, 0.2) is 29.6 Å². The summed E-state index contributed by atoms with van der Waals surface area (Å²) in [4.78, 5) is 0. The molecule has 0 saturated heterocycles. The van der Waals surface area contributed by atoms with Crippen molar-refractivity contribution in [1.82, 2.24) is 0 Å². The van der Waals surface area contributed by atoms with Gasteiger partial charge < -0.3 is 24.0 Å². The van der Waals surface area contributed by atoms with Crippen LogP contribution >= 0.6 is 22.9 Å². The van der Waals surface area contributed by atoms with Crippen LogP contribution in [0.25, 0.3) is 0 Å². The van der Waals surface area contributed by atoms with E-state index in [0.29, 0.717) is 0 Å². The number of anilines is 2.